The Morgan fingerprint density at radius 1 is 1.21 bits per heavy atom. The predicted molar refractivity (Wildman–Crippen MR) is 77.1 cm³/mol. The minimum atomic E-state index is -3.33. The maximum atomic E-state index is 12.3. The smallest absolute Gasteiger partial charge is 0.218 e. The van der Waals surface area contributed by atoms with Crippen molar-refractivity contribution in [2.45, 2.75) is 39.2 Å². The number of aliphatic hydroxyl groups is 1. The van der Waals surface area contributed by atoms with Crippen LogP contribution in [0.3, 0.4) is 0 Å². The molecule has 1 aromatic rings. The van der Waals surface area contributed by atoms with Gasteiger partial charge >= 0.3 is 0 Å². The molecule has 0 heterocycles. The van der Waals surface area contributed by atoms with Gasteiger partial charge in [-0.1, -0.05) is 38.1 Å². The summed E-state index contributed by atoms with van der Waals surface area (Å²) in [6, 6.07) is 7.00. The van der Waals surface area contributed by atoms with Gasteiger partial charge in [-0.2, -0.15) is 0 Å². The lowest BCUT2D eigenvalue weighted by Crippen LogP contribution is -2.38. The lowest BCUT2D eigenvalue weighted by molar-refractivity contribution is 0.281. The van der Waals surface area contributed by atoms with Crippen molar-refractivity contribution in [1.82, 2.24) is 4.31 Å². The molecule has 0 saturated carbocycles. The molecular weight excluding hydrogens is 262 g/mol. The van der Waals surface area contributed by atoms with Gasteiger partial charge in [-0.15, -0.1) is 0 Å². The highest BCUT2D eigenvalue weighted by atomic mass is 32.2. The first kappa shape index (κ1) is 16.1. The maximum Gasteiger partial charge on any atom is 0.218 e. The van der Waals surface area contributed by atoms with E-state index in [0.29, 0.717) is 5.56 Å². The first-order valence-corrected chi connectivity index (χ1v) is 8.03. The van der Waals surface area contributed by atoms with Gasteiger partial charge < -0.3 is 5.11 Å². The van der Waals surface area contributed by atoms with Crippen LogP contribution in [-0.2, 0) is 22.4 Å². The molecule has 1 aromatic carbocycles. The molecule has 1 rings (SSSR count). The standard InChI is InChI=1S/C14H23NO3S/c1-11(2)12(3)15(4)19(17,18)10-14-7-5-6-13(8-14)9-16/h5-8,11-12,16H,9-10H2,1-4H3. The van der Waals surface area contributed by atoms with E-state index >= 15 is 0 Å². The molecule has 19 heavy (non-hydrogen) atoms. The number of nitrogens with zero attached hydrogens (tertiary/aromatic N) is 1. The molecule has 0 aliphatic carbocycles. The molecule has 0 saturated heterocycles. The Morgan fingerprint density at radius 3 is 2.32 bits per heavy atom. The molecule has 0 aromatic heterocycles. The Balaban J connectivity index is 2.90. The van der Waals surface area contributed by atoms with Gasteiger partial charge in [0.15, 0.2) is 0 Å². The second-order valence-corrected chi connectivity index (χ2v) is 7.26. The third-order valence-electron chi connectivity index (χ3n) is 3.50. The van der Waals surface area contributed by atoms with Crippen molar-refractivity contribution in [3.05, 3.63) is 35.4 Å². The van der Waals surface area contributed by atoms with Crippen LogP contribution in [0.2, 0.25) is 0 Å². The van der Waals surface area contributed by atoms with E-state index in [-0.39, 0.29) is 24.3 Å². The van der Waals surface area contributed by atoms with E-state index in [1.165, 1.54) is 4.31 Å². The molecule has 1 atom stereocenters. The van der Waals surface area contributed by atoms with Crippen molar-refractivity contribution in [2.24, 2.45) is 5.92 Å². The molecule has 0 radical (unpaired) electrons. The zero-order valence-electron chi connectivity index (χ0n) is 12.0. The quantitative estimate of drug-likeness (QED) is 0.869. The van der Waals surface area contributed by atoms with Crippen LogP contribution in [-0.4, -0.2) is 30.9 Å². The fraction of sp³-hybridized carbons (Fsp3) is 0.571. The Bertz CT molecular complexity index is 511. The van der Waals surface area contributed by atoms with Gasteiger partial charge in [0, 0.05) is 13.1 Å². The van der Waals surface area contributed by atoms with Crippen LogP contribution in [0, 0.1) is 5.92 Å². The van der Waals surface area contributed by atoms with Crippen LogP contribution in [0.4, 0.5) is 0 Å². The zero-order valence-corrected chi connectivity index (χ0v) is 12.8. The number of hydrogen-bond donors (Lipinski definition) is 1. The number of aliphatic hydroxyl groups excluding tert-OH is 1. The van der Waals surface area contributed by atoms with E-state index in [4.69, 9.17) is 5.11 Å². The van der Waals surface area contributed by atoms with Gasteiger partial charge in [-0.25, -0.2) is 12.7 Å². The summed E-state index contributed by atoms with van der Waals surface area (Å²) in [4.78, 5) is 0. The fourth-order valence-corrected chi connectivity index (χ4v) is 3.36. The SMILES string of the molecule is CC(C)C(C)N(C)S(=O)(=O)Cc1cccc(CO)c1. The first-order chi connectivity index (χ1) is 8.77. The van der Waals surface area contributed by atoms with E-state index in [0.717, 1.165) is 5.56 Å². The monoisotopic (exact) mass is 285 g/mol. The molecular formula is C14H23NO3S. The van der Waals surface area contributed by atoms with Crippen LogP contribution in [0.25, 0.3) is 0 Å². The minimum absolute atomic E-state index is 0.0333. The van der Waals surface area contributed by atoms with Crippen LogP contribution in [0.5, 0.6) is 0 Å². The maximum absolute atomic E-state index is 12.3. The summed E-state index contributed by atoms with van der Waals surface area (Å²) in [5.41, 5.74) is 1.43. The summed E-state index contributed by atoms with van der Waals surface area (Å²) in [5, 5.41) is 9.07. The van der Waals surface area contributed by atoms with E-state index in [2.05, 4.69) is 0 Å². The van der Waals surface area contributed by atoms with E-state index < -0.39 is 10.0 Å². The van der Waals surface area contributed by atoms with Gasteiger partial charge in [0.25, 0.3) is 0 Å². The normalized spacial score (nSPS) is 14.1. The molecule has 0 amide bonds. The van der Waals surface area contributed by atoms with Crippen molar-refractivity contribution in [3.8, 4) is 0 Å². The number of sulfonamides is 1. The molecule has 0 spiro atoms. The molecule has 108 valence electrons. The van der Waals surface area contributed by atoms with Crippen molar-refractivity contribution in [3.63, 3.8) is 0 Å². The lowest BCUT2D eigenvalue weighted by Gasteiger charge is -2.27. The highest BCUT2D eigenvalue weighted by Gasteiger charge is 2.25. The first-order valence-electron chi connectivity index (χ1n) is 6.42. The molecule has 0 aliphatic rings. The van der Waals surface area contributed by atoms with Gasteiger partial charge in [-0.3, -0.25) is 0 Å². The highest BCUT2D eigenvalue weighted by molar-refractivity contribution is 7.88. The molecule has 0 fully saturated rings. The molecule has 5 heteroatoms. The molecule has 1 unspecified atom stereocenters. The van der Waals surface area contributed by atoms with E-state index in [9.17, 15) is 8.42 Å². The average Bonchev–Trinajstić information content (AvgIpc) is 2.36. The van der Waals surface area contributed by atoms with Crippen molar-refractivity contribution < 1.29 is 13.5 Å². The summed E-state index contributed by atoms with van der Waals surface area (Å²) in [5.74, 6) is 0.234. The molecule has 0 bridgehead atoms. The average molecular weight is 285 g/mol. The van der Waals surface area contributed by atoms with E-state index in [1.807, 2.05) is 20.8 Å². The van der Waals surface area contributed by atoms with Gasteiger partial charge in [0.2, 0.25) is 10.0 Å². The molecule has 0 aliphatic heterocycles. The number of benzene rings is 1. The predicted octanol–water partition coefficient (Wildman–Crippen LogP) is 1.99. The Morgan fingerprint density at radius 2 is 1.79 bits per heavy atom. The highest BCUT2D eigenvalue weighted by Crippen LogP contribution is 2.17. The Hall–Kier alpha value is -0.910. The summed E-state index contributed by atoms with van der Waals surface area (Å²) >= 11 is 0. The van der Waals surface area contributed by atoms with Gasteiger partial charge in [-0.05, 0) is 24.0 Å². The van der Waals surface area contributed by atoms with Crippen LogP contribution in [0.1, 0.15) is 31.9 Å². The summed E-state index contributed by atoms with van der Waals surface area (Å²) < 4.78 is 26.1. The summed E-state index contributed by atoms with van der Waals surface area (Å²) in [6.07, 6.45) is 0. The van der Waals surface area contributed by atoms with Crippen molar-refractivity contribution in [2.75, 3.05) is 7.05 Å². The van der Waals surface area contributed by atoms with E-state index in [1.54, 1.807) is 31.3 Å². The van der Waals surface area contributed by atoms with Crippen LogP contribution in [0.15, 0.2) is 24.3 Å². The Kier molecular flexibility index (Phi) is 5.52. The summed E-state index contributed by atoms with van der Waals surface area (Å²) in [7, 11) is -1.71. The lowest BCUT2D eigenvalue weighted by atomic mass is 10.1. The zero-order chi connectivity index (χ0) is 14.6. The second-order valence-electron chi connectivity index (χ2n) is 5.24. The van der Waals surface area contributed by atoms with Crippen molar-refractivity contribution in [1.29, 1.82) is 0 Å². The third-order valence-corrected chi connectivity index (χ3v) is 5.41. The third kappa shape index (κ3) is 4.30. The van der Waals surface area contributed by atoms with Gasteiger partial charge in [0.1, 0.15) is 0 Å². The van der Waals surface area contributed by atoms with Crippen LogP contribution < -0.4 is 0 Å². The molecule has 4 nitrogen and oxygen atoms in total. The molecule has 1 N–H and O–H groups in total. The van der Waals surface area contributed by atoms with Crippen molar-refractivity contribution >= 4 is 10.0 Å². The Labute approximate surface area is 116 Å². The largest absolute Gasteiger partial charge is 0.392 e. The van der Waals surface area contributed by atoms with Gasteiger partial charge in [0.05, 0.1) is 12.4 Å². The fourth-order valence-electron chi connectivity index (χ4n) is 1.80. The van der Waals surface area contributed by atoms with Crippen LogP contribution >= 0.6 is 0 Å². The number of rotatable bonds is 6. The minimum Gasteiger partial charge on any atom is -0.392 e. The summed E-state index contributed by atoms with van der Waals surface area (Å²) in [6.45, 7) is 5.84. The second kappa shape index (κ2) is 6.50. The topological polar surface area (TPSA) is 57.6 Å². The number of hydrogen-bond acceptors (Lipinski definition) is 3.